The third-order valence-electron chi connectivity index (χ3n) is 1.53. The van der Waals surface area contributed by atoms with Crippen molar-refractivity contribution in [1.82, 2.24) is 4.98 Å². The molecule has 1 heterocycles. The van der Waals surface area contributed by atoms with Gasteiger partial charge in [0, 0.05) is 5.69 Å². The van der Waals surface area contributed by atoms with E-state index in [-0.39, 0.29) is 0 Å². The van der Waals surface area contributed by atoms with E-state index in [1.165, 1.54) is 0 Å². The first-order chi connectivity index (χ1) is 5.15. The number of pyridine rings is 1. The molecule has 1 aromatic heterocycles. The van der Waals surface area contributed by atoms with Crippen molar-refractivity contribution >= 4 is 11.5 Å². The molecule has 0 spiro atoms. The van der Waals surface area contributed by atoms with E-state index in [2.05, 4.69) is 10.4 Å². The highest BCUT2D eigenvalue weighted by Crippen LogP contribution is 2.19. The summed E-state index contributed by atoms with van der Waals surface area (Å²) in [6.07, 6.45) is 0. The number of nitrogens with two attached hydrogens (primary N) is 2. The summed E-state index contributed by atoms with van der Waals surface area (Å²) in [6, 6.07) is 1.91. The molecule has 0 bridgehead atoms. The molecule has 1 rings (SSSR count). The number of anilines is 2. The molecule has 0 unspecified atom stereocenters. The van der Waals surface area contributed by atoms with E-state index >= 15 is 0 Å². The van der Waals surface area contributed by atoms with E-state index in [0.717, 1.165) is 11.3 Å². The van der Waals surface area contributed by atoms with Crippen LogP contribution in [0.25, 0.3) is 0 Å². The normalized spacial score (nSPS) is 9.73. The minimum atomic E-state index is 0.544. The summed E-state index contributed by atoms with van der Waals surface area (Å²) in [6.45, 7) is 3.82. The number of hydrogen-bond acceptors (Lipinski definition) is 4. The van der Waals surface area contributed by atoms with Crippen LogP contribution in [0.3, 0.4) is 0 Å². The van der Waals surface area contributed by atoms with Crippen LogP contribution in [0.2, 0.25) is 0 Å². The molecule has 0 aliphatic heterocycles. The van der Waals surface area contributed by atoms with Crippen LogP contribution in [0.5, 0.6) is 0 Å². The molecular weight excluding hydrogens is 140 g/mol. The summed E-state index contributed by atoms with van der Waals surface area (Å²) in [5.41, 5.74) is 10.6. The summed E-state index contributed by atoms with van der Waals surface area (Å²) < 4.78 is 0. The Morgan fingerprint density at radius 2 is 2.09 bits per heavy atom. The maximum absolute atomic E-state index is 5.66. The van der Waals surface area contributed by atoms with Crippen LogP contribution < -0.4 is 17.0 Å². The maximum atomic E-state index is 5.66. The highest BCUT2D eigenvalue weighted by Gasteiger charge is 2.02. The van der Waals surface area contributed by atoms with Crippen LogP contribution in [0.1, 0.15) is 11.3 Å². The van der Waals surface area contributed by atoms with Crippen LogP contribution in [0, 0.1) is 13.8 Å². The van der Waals surface area contributed by atoms with Crippen molar-refractivity contribution in [3.05, 3.63) is 17.3 Å². The average molecular weight is 152 g/mol. The van der Waals surface area contributed by atoms with Crippen molar-refractivity contribution in [2.24, 2.45) is 5.84 Å². The Kier molecular flexibility index (Phi) is 1.96. The van der Waals surface area contributed by atoms with E-state index < -0.39 is 0 Å². The fourth-order valence-corrected chi connectivity index (χ4v) is 0.957. The summed E-state index contributed by atoms with van der Waals surface area (Å²) >= 11 is 0. The maximum Gasteiger partial charge on any atom is 0.163 e. The molecule has 0 aliphatic rings. The number of nitrogen functional groups attached to an aromatic ring is 2. The minimum Gasteiger partial charge on any atom is -0.395 e. The van der Waals surface area contributed by atoms with Crippen LogP contribution in [0.4, 0.5) is 11.5 Å². The summed E-state index contributed by atoms with van der Waals surface area (Å²) in [4.78, 5) is 4.09. The Bertz CT molecular complexity index is 269. The standard InChI is InChI=1S/C7H12N4/c1-4-3-5(2)10-7(11-9)6(4)8/h3H,8-9H2,1-2H3,(H,10,11). The molecule has 4 heteroatoms. The monoisotopic (exact) mass is 152 g/mol. The van der Waals surface area contributed by atoms with Gasteiger partial charge in [0.25, 0.3) is 0 Å². The van der Waals surface area contributed by atoms with E-state index in [1.54, 1.807) is 0 Å². The minimum absolute atomic E-state index is 0.544. The number of rotatable bonds is 1. The van der Waals surface area contributed by atoms with E-state index in [1.807, 2.05) is 19.9 Å². The fraction of sp³-hybridized carbons (Fsp3) is 0.286. The molecule has 0 aromatic carbocycles. The average Bonchev–Trinajstić information content (AvgIpc) is 1.96. The molecule has 1 aromatic rings. The van der Waals surface area contributed by atoms with Gasteiger partial charge in [0.2, 0.25) is 0 Å². The quantitative estimate of drug-likeness (QED) is 0.406. The number of aryl methyl sites for hydroxylation is 2. The first-order valence-corrected chi connectivity index (χ1v) is 3.35. The van der Waals surface area contributed by atoms with Crippen molar-refractivity contribution in [2.75, 3.05) is 11.2 Å². The number of hydrazine groups is 1. The highest BCUT2D eigenvalue weighted by atomic mass is 15.3. The third kappa shape index (κ3) is 1.40. The summed E-state index contributed by atoms with van der Waals surface area (Å²) in [5.74, 6) is 5.74. The van der Waals surface area contributed by atoms with Gasteiger partial charge in [-0.25, -0.2) is 10.8 Å². The lowest BCUT2D eigenvalue weighted by molar-refractivity contribution is 1.15. The second-order valence-corrected chi connectivity index (χ2v) is 2.49. The van der Waals surface area contributed by atoms with Gasteiger partial charge in [-0.3, -0.25) is 0 Å². The van der Waals surface area contributed by atoms with Gasteiger partial charge in [-0.05, 0) is 25.5 Å². The Labute approximate surface area is 65.6 Å². The van der Waals surface area contributed by atoms with E-state index in [4.69, 9.17) is 11.6 Å². The Morgan fingerprint density at radius 1 is 1.45 bits per heavy atom. The molecule has 60 valence electrons. The van der Waals surface area contributed by atoms with Gasteiger partial charge >= 0.3 is 0 Å². The smallest absolute Gasteiger partial charge is 0.163 e. The Morgan fingerprint density at radius 3 is 2.64 bits per heavy atom. The van der Waals surface area contributed by atoms with Crippen LogP contribution in [-0.4, -0.2) is 4.98 Å². The van der Waals surface area contributed by atoms with Gasteiger partial charge in [-0.15, -0.1) is 0 Å². The Hall–Kier alpha value is -1.29. The van der Waals surface area contributed by atoms with Crippen LogP contribution in [-0.2, 0) is 0 Å². The SMILES string of the molecule is Cc1cc(C)c(N)c(NN)n1. The van der Waals surface area contributed by atoms with Crippen LogP contribution >= 0.6 is 0 Å². The molecular formula is C7H12N4. The molecule has 0 amide bonds. The first-order valence-electron chi connectivity index (χ1n) is 3.35. The molecule has 4 nitrogen and oxygen atoms in total. The van der Waals surface area contributed by atoms with Gasteiger partial charge in [0.05, 0.1) is 5.69 Å². The molecule has 11 heavy (non-hydrogen) atoms. The van der Waals surface area contributed by atoms with E-state index in [9.17, 15) is 0 Å². The Balaban J connectivity index is 3.24. The number of nitrogens with zero attached hydrogens (tertiary/aromatic N) is 1. The number of aromatic nitrogens is 1. The van der Waals surface area contributed by atoms with Crippen molar-refractivity contribution in [1.29, 1.82) is 0 Å². The van der Waals surface area contributed by atoms with Crippen molar-refractivity contribution < 1.29 is 0 Å². The lowest BCUT2D eigenvalue weighted by Gasteiger charge is -2.06. The van der Waals surface area contributed by atoms with Gasteiger partial charge in [-0.1, -0.05) is 0 Å². The molecule has 0 aliphatic carbocycles. The third-order valence-corrected chi connectivity index (χ3v) is 1.53. The second kappa shape index (κ2) is 2.75. The zero-order chi connectivity index (χ0) is 8.43. The largest absolute Gasteiger partial charge is 0.395 e. The van der Waals surface area contributed by atoms with Crippen LogP contribution in [0.15, 0.2) is 6.07 Å². The molecule has 5 N–H and O–H groups in total. The lowest BCUT2D eigenvalue weighted by atomic mass is 10.2. The van der Waals surface area contributed by atoms with Crippen molar-refractivity contribution in [3.8, 4) is 0 Å². The van der Waals surface area contributed by atoms with Gasteiger partial charge in [0.15, 0.2) is 5.82 Å². The van der Waals surface area contributed by atoms with Gasteiger partial charge in [0.1, 0.15) is 0 Å². The number of nitrogens with one attached hydrogen (secondary N) is 1. The molecule has 0 saturated heterocycles. The summed E-state index contributed by atoms with van der Waals surface area (Å²) in [5, 5.41) is 0. The molecule has 0 saturated carbocycles. The first kappa shape index (κ1) is 7.81. The summed E-state index contributed by atoms with van der Waals surface area (Å²) in [7, 11) is 0. The predicted octanol–water partition coefficient (Wildman–Crippen LogP) is 0.566. The molecule has 0 atom stereocenters. The molecule has 0 radical (unpaired) electrons. The highest BCUT2D eigenvalue weighted by molar-refractivity contribution is 5.65. The van der Waals surface area contributed by atoms with Gasteiger partial charge < -0.3 is 11.2 Å². The zero-order valence-corrected chi connectivity index (χ0v) is 6.68. The fourth-order valence-electron chi connectivity index (χ4n) is 0.957. The molecule has 0 fully saturated rings. The van der Waals surface area contributed by atoms with Crippen molar-refractivity contribution in [2.45, 2.75) is 13.8 Å². The topological polar surface area (TPSA) is 77.0 Å². The van der Waals surface area contributed by atoms with Crippen molar-refractivity contribution in [3.63, 3.8) is 0 Å². The lowest BCUT2D eigenvalue weighted by Crippen LogP contribution is -2.12. The van der Waals surface area contributed by atoms with Gasteiger partial charge in [-0.2, -0.15) is 0 Å². The van der Waals surface area contributed by atoms with E-state index in [0.29, 0.717) is 11.5 Å². The zero-order valence-electron chi connectivity index (χ0n) is 6.68. The second-order valence-electron chi connectivity index (χ2n) is 2.49. The number of hydrogen-bond donors (Lipinski definition) is 3. The predicted molar refractivity (Wildman–Crippen MR) is 45.9 cm³/mol.